The van der Waals surface area contributed by atoms with Gasteiger partial charge in [-0.2, -0.15) is 0 Å². The van der Waals surface area contributed by atoms with Gasteiger partial charge in [-0.3, -0.25) is 9.79 Å². The van der Waals surface area contributed by atoms with Crippen molar-refractivity contribution in [1.82, 2.24) is 5.32 Å². The third kappa shape index (κ3) is 11.2. The molecular weight excluding hydrogens is 518 g/mol. The molecular formula is C25H35N3O9S. The molecule has 0 spiro atoms. The number of amides is 1. The van der Waals surface area contributed by atoms with Crippen LogP contribution in [0.5, 0.6) is 5.75 Å². The first-order chi connectivity index (χ1) is 18.4. The lowest BCUT2D eigenvalue weighted by molar-refractivity contribution is -0.149. The molecule has 0 radical (unpaired) electrons. The van der Waals surface area contributed by atoms with Crippen LogP contribution in [0, 0.1) is 0 Å². The van der Waals surface area contributed by atoms with Crippen LogP contribution in [-0.2, 0) is 28.6 Å². The molecule has 13 heteroatoms. The first-order valence-electron chi connectivity index (χ1n) is 12.2. The number of nitrogens with zero attached hydrogens (tertiary/aromatic N) is 2. The summed E-state index contributed by atoms with van der Waals surface area (Å²) >= 11 is 1.33. The lowest BCUT2D eigenvalue weighted by Crippen LogP contribution is -2.37. The van der Waals surface area contributed by atoms with Crippen molar-refractivity contribution in [3.8, 4) is 5.75 Å². The highest BCUT2D eigenvalue weighted by Crippen LogP contribution is 2.24. The van der Waals surface area contributed by atoms with Crippen molar-refractivity contribution in [2.75, 3.05) is 52.5 Å². The van der Waals surface area contributed by atoms with Crippen molar-refractivity contribution < 1.29 is 37.8 Å². The third-order valence-corrected chi connectivity index (χ3v) is 6.10. The standard InChI is InChI=1S/C25H35N3O9S/c1-5-7-19(21-13-18(35-8-6-2)14-22(29)36-21)26-24(31)20-16-38-25(27-20)17(3)28-37-23(30)15-34-12-11-33-10-9-32-4/h6,13-14,19-20H,2,5,7-12,15-16H2,1,3-4H3,(H,26,31)/b28-17+. The van der Waals surface area contributed by atoms with Crippen molar-refractivity contribution in [3.63, 3.8) is 0 Å². The van der Waals surface area contributed by atoms with E-state index in [0.717, 1.165) is 6.42 Å². The van der Waals surface area contributed by atoms with Gasteiger partial charge < -0.3 is 33.5 Å². The molecule has 1 aliphatic rings. The van der Waals surface area contributed by atoms with Crippen LogP contribution in [0.2, 0.25) is 0 Å². The summed E-state index contributed by atoms with van der Waals surface area (Å²) in [7, 11) is 1.58. The molecule has 1 amide bonds. The summed E-state index contributed by atoms with van der Waals surface area (Å²) in [5, 5.41) is 7.21. The number of carbonyl (C=O) groups excluding carboxylic acids is 2. The summed E-state index contributed by atoms with van der Waals surface area (Å²) in [6, 6.07) is 1.62. The molecule has 1 aromatic rings. The van der Waals surface area contributed by atoms with Crippen LogP contribution in [0.4, 0.5) is 0 Å². The van der Waals surface area contributed by atoms with Crippen LogP contribution in [0.3, 0.4) is 0 Å². The van der Waals surface area contributed by atoms with Crippen molar-refractivity contribution in [2.45, 2.75) is 38.8 Å². The van der Waals surface area contributed by atoms with E-state index in [4.69, 9.17) is 28.2 Å². The Labute approximate surface area is 225 Å². The van der Waals surface area contributed by atoms with E-state index in [0.29, 0.717) is 54.3 Å². The molecule has 0 aliphatic carbocycles. The number of aliphatic imine (C=N–C) groups is 1. The molecule has 2 rings (SSSR count). The molecule has 1 aliphatic heterocycles. The number of nitrogens with one attached hydrogen (secondary N) is 1. The minimum atomic E-state index is -0.677. The molecule has 0 aromatic carbocycles. The Morgan fingerprint density at radius 3 is 2.79 bits per heavy atom. The van der Waals surface area contributed by atoms with E-state index in [1.807, 2.05) is 6.92 Å². The highest BCUT2D eigenvalue weighted by atomic mass is 32.2. The van der Waals surface area contributed by atoms with E-state index in [2.05, 4.69) is 22.0 Å². The molecule has 38 heavy (non-hydrogen) atoms. The van der Waals surface area contributed by atoms with E-state index in [-0.39, 0.29) is 25.7 Å². The van der Waals surface area contributed by atoms with Crippen molar-refractivity contribution in [3.05, 3.63) is 41.0 Å². The Balaban J connectivity index is 1.90. The normalized spacial score (nSPS) is 16.0. The van der Waals surface area contributed by atoms with Gasteiger partial charge in [-0.15, -0.1) is 11.8 Å². The Morgan fingerprint density at radius 1 is 1.29 bits per heavy atom. The van der Waals surface area contributed by atoms with Gasteiger partial charge in [-0.1, -0.05) is 31.2 Å². The minimum absolute atomic E-state index is 0.232. The zero-order chi connectivity index (χ0) is 27.8. The first kappa shape index (κ1) is 31.2. The van der Waals surface area contributed by atoms with E-state index in [1.54, 1.807) is 26.2 Å². The van der Waals surface area contributed by atoms with Gasteiger partial charge in [0, 0.05) is 18.9 Å². The van der Waals surface area contributed by atoms with Gasteiger partial charge in [0.2, 0.25) is 5.91 Å². The highest BCUT2D eigenvalue weighted by Gasteiger charge is 2.29. The van der Waals surface area contributed by atoms with Gasteiger partial charge in [-0.05, 0) is 13.3 Å². The average molecular weight is 554 g/mol. The summed E-state index contributed by atoms with van der Waals surface area (Å²) in [4.78, 5) is 46.1. The second-order valence-corrected chi connectivity index (χ2v) is 9.03. The monoisotopic (exact) mass is 553 g/mol. The second-order valence-electron chi connectivity index (χ2n) is 8.02. The average Bonchev–Trinajstić information content (AvgIpc) is 3.40. The third-order valence-electron chi connectivity index (χ3n) is 4.94. The minimum Gasteiger partial charge on any atom is -0.489 e. The molecule has 2 unspecified atom stereocenters. The Kier molecular flexibility index (Phi) is 14.4. The predicted octanol–water partition coefficient (Wildman–Crippen LogP) is 2.27. The van der Waals surface area contributed by atoms with Gasteiger partial charge in [0.05, 0.1) is 38.5 Å². The van der Waals surface area contributed by atoms with Crippen LogP contribution in [0.15, 0.2) is 44.1 Å². The fourth-order valence-corrected chi connectivity index (χ4v) is 4.12. The van der Waals surface area contributed by atoms with Gasteiger partial charge in [-0.25, -0.2) is 9.59 Å². The van der Waals surface area contributed by atoms with Crippen LogP contribution in [-0.4, -0.2) is 81.2 Å². The van der Waals surface area contributed by atoms with Gasteiger partial charge in [0.25, 0.3) is 0 Å². The van der Waals surface area contributed by atoms with E-state index < -0.39 is 23.7 Å². The number of hydrogen-bond donors (Lipinski definition) is 1. The van der Waals surface area contributed by atoms with Crippen molar-refractivity contribution in [2.24, 2.45) is 10.1 Å². The number of thioether (sulfide) groups is 1. The lowest BCUT2D eigenvalue weighted by atomic mass is 10.1. The predicted molar refractivity (Wildman–Crippen MR) is 143 cm³/mol. The van der Waals surface area contributed by atoms with Crippen molar-refractivity contribution in [1.29, 1.82) is 0 Å². The maximum Gasteiger partial charge on any atom is 0.360 e. The van der Waals surface area contributed by atoms with E-state index >= 15 is 0 Å². The van der Waals surface area contributed by atoms with Gasteiger partial charge in [0.1, 0.15) is 41.5 Å². The fourth-order valence-electron chi connectivity index (χ4n) is 3.13. The van der Waals surface area contributed by atoms with Gasteiger partial charge >= 0.3 is 11.6 Å². The largest absolute Gasteiger partial charge is 0.489 e. The summed E-state index contributed by atoms with van der Waals surface area (Å²) in [6.07, 6.45) is 2.85. The highest BCUT2D eigenvalue weighted by molar-refractivity contribution is 8.16. The molecule has 0 saturated carbocycles. The topological polar surface area (TPSA) is 147 Å². The molecule has 2 heterocycles. The number of rotatable bonds is 18. The Bertz CT molecular complexity index is 1040. The first-order valence-corrected chi connectivity index (χ1v) is 13.1. The van der Waals surface area contributed by atoms with Crippen molar-refractivity contribution >= 4 is 34.4 Å². The quantitative estimate of drug-likeness (QED) is 0.0944. The van der Waals surface area contributed by atoms with Crippen LogP contribution in [0.25, 0.3) is 0 Å². The molecule has 0 fully saturated rings. The molecule has 0 saturated heterocycles. The van der Waals surface area contributed by atoms with E-state index in [1.165, 1.54) is 17.8 Å². The van der Waals surface area contributed by atoms with Crippen LogP contribution >= 0.6 is 11.8 Å². The zero-order valence-electron chi connectivity index (χ0n) is 21.9. The van der Waals surface area contributed by atoms with Crippen LogP contribution < -0.4 is 15.7 Å². The zero-order valence-corrected chi connectivity index (χ0v) is 22.8. The Morgan fingerprint density at radius 2 is 2.05 bits per heavy atom. The molecule has 1 aromatic heterocycles. The summed E-state index contributed by atoms with van der Waals surface area (Å²) in [6.45, 7) is 8.63. The van der Waals surface area contributed by atoms with Crippen LogP contribution in [0.1, 0.15) is 38.5 Å². The maximum atomic E-state index is 13.0. The number of ether oxygens (including phenoxy) is 4. The maximum absolute atomic E-state index is 13.0. The van der Waals surface area contributed by atoms with Gasteiger partial charge in [0.15, 0.2) is 0 Å². The Hall–Kier alpha value is -3.00. The number of methoxy groups -OCH3 is 1. The molecule has 2 atom stereocenters. The number of hydrogen-bond acceptors (Lipinski definition) is 12. The number of oxime groups is 1. The fraction of sp³-hybridized carbons (Fsp3) is 0.560. The SMILES string of the molecule is C=CCOc1cc(C(CCC)NC(=O)C2CSC(/C(C)=N/OC(=O)COCCOCCOC)=N2)oc(=O)c1. The second kappa shape index (κ2) is 17.5. The smallest absolute Gasteiger partial charge is 0.360 e. The summed E-state index contributed by atoms with van der Waals surface area (Å²) in [5.41, 5.74) is -0.208. The summed E-state index contributed by atoms with van der Waals surface area (Å²) < 4.78 is 26.1. The van der Waals surface area contributed by atoms with E-state index in [9.17, 15) is 14.4 Å². The molecule has 1 N–H and O–H groups in total. The number of carbonyl (C=O) groups is 2. The summed E-state index contributed by atoms with van der Waals surface area (Å²) in [5.74, 6) is 0.0408. The molecule has 12 nitrogen and oxygen atoms in total. The molecule has 0 bridgehead atoms. The molecule has 210 valence electrons. The lowest BCUT2D eigenvalue weighted by Gasteiger charge is -2.19.